The lowest BCUT2D eigenvalue weighted by Gasteiger charge is -2.02. The number of aromatic amines is 2. The van der Waals surface area contributed by atoms with Crippen molar-refractivity contribution in [3.05, 3.63) is 96.3 Å². The van der Waals surface area contributed by atoms with E-state index < -0.39 is 0 Å². The van der Waals surface area contributed by atoms with Gasteiger partial charge in [0.05, 0.1) is 36.7 Å². The Morgan fingerprint density at radius 2 is 0.967 bits per heavy atom. The molecule has 6 heteroatoms. The highest BCUT2D eigenvalue weighted by Crippen LogP contribution is 2.23. The monoisotopic (exact) mass is 402 g/mol. The normalized spacial score (nSPS) is 9.93. The number of esters is 2. The van der Waals surface area contributed by atoms with E-state index in [1.165, 1.54) is 14.2 Å². The maximum Gasteiger partial charge on any atom is 0.340 e. The Morgan fingerprint density at radius 3 is 1.30 bits per heavy atom. The van der Waals surface area contributed by atoms with Gasteiger partial charge < -0.3 is 19.4 Å². The Kier molecular flexibility index (Phi) is 6.84. The third kappa shape index (κ3) is 4.67. The lowest BCUT2D eigenvalue weighted by atomic mass is 10.1. The zero-order chi connectivity index (χ0) is 21.3. The summed E-state index contributed by atoms with van der Waals surface area (Å²) in [6.45, 7) is 0. The Morgan fingerprint density at radius 1 is 0.600 bits per heavy atom. The number of carbonyl (C=O) groups is 2. The van der Waals surface area contributed by atoms with Crippen LogP contribution in [0.15, 0.2) is 85.2 Å². The van der Waals surface area contributed by atoms with Gasteiger partial charge in [-0.15, -0.1) is 0 Å². The topological polar surface area (TPSA) is 84.2 Å². The van der Waals surface area contributed by atoms with Gasteiger partial charge in [-0.2, -0.15) is 0 Å². The second-order valence-electron chi connectivity index (χ2n) is 6.25. The van der Waals surface area contributed by atoms with E-state index in [-0.39, 0.29) is 11.9 Å². The summed E-state index contributed by atoms with van der Waals surface area (Å²) < 4.78 is 9.40. The Hall–Kier alpha value is -4.06. The van der Waals surface area contributed by atoms with E-state index >= 15 is 0 Å². The largest absolute Gasteiger partial charge is 0.465 e. The number of rotatable bonds is 4. The summed E-state index contributed by atoms with van der Waals surface area (Å²) in [5.41, 5.74) is 4.66. The number of nitrogens with one attached hydrogen (secondary N) is 2. The molecule has 0 atom stereocenters. The van der Waals surface area contributed by atoms with Crippen LogP contribution in [0.2, 0.25) is 0 Å². The summed E-state index contributed by atoms with van der Waals surface area (Å²) in [5.74, 6) is -0.648. The molecule has 0 saturated heterocycles. The van der Waals surface area contributed by atoms with Gasteiger partial charge >= 0.3 is 11.9 Å². The average Bonchev–Trinajstić information content (AvgIpc) is 3.50. The van der Waals surface area contributed by atoms with Gasteiger partial charge in [0.1, 0.15) is 0 Å². The summed E-state index contributed by atoms with van der Waals surface area (Å²) in [6, 6.07) is 22.8. The van der Waals surface area contributed by atoms with Crippen molar-refractivity contribution in [1.29, 1.82) is 0 Å². The van der Waals surface area contributed by atoms with Gasteiger partial charge in [0.25, 0.3) is 0 Å². The molecule has 2 aromatic heterocycles. The first-order valence-electron chi connectivity index (χ1n) is 9.28. The number of benzene rings is 2. The van der Waals surface area contributed by atoms with Gasteiger partial charge in [0.2, 0.25) is 0 Å². The maximum absolute atomic E-state index is 11.4. The Bertz CT molecular complexity index is 1010. The number of hydrogen-bond donors (Lipinski definition) is 2. The van der Waals surface area contributed by atoms with Crippen LogP contribution in [0.3, 0.4) is 0 Å². The highest BCUT2D eigenvalue weighted by Gasteiger charge is 2.14. The third-order valence-electron chi connectivity index (χ3n) is 4.43. The van der Waals surface area contributed by atoms with Gasteiger partial charge in [0.15, 0.2) is 0 Å². The van der Waals surface area contributed by atoms with E-state index in [1.807, 2.05) is 60.7 Å². The van der Waals surface area contributed by atoms with E-state index in [1.54, 1.807) is 24.5 Å². The minimum atomic E-state index is -0.324. The summed E-state index contributed by atoms with van der Waals surface area (Å²) in [4.78, 5) is 28.9. The lowest BCUT2D eigenvalue weighted by Crippen LogP contribution is -2.01. The molecule has 0 fully saturated rings. The molecule has 30 heavy (non-hydrogen) atoms. The first-order chi connectivity index (χ1) is 14.7. The fraction of sp³-hybridized carbons (Fsp3) is 0.0833. The van der Waals surface area contributed by atoms with Crippen molar-refractivity contribution in [1.82, 2.24) is 9.97 Å². The van der Waals surface area contributed by atoms with E-state index in [9.17, 15) is 9.59 Å². The first-order valence-corrected chi connectivity index (χ1v) is 9.28. The second kappa shape index (κ2) is 9.93. The number of carbonyl (C=O) groups excluding carboxylic acids is 2. The molecule has 0 amide bonds. The fourth-order valence-electron chi connectivity index (χ4n) is 2.99. The molecule has 4 aromatic rings. The highest BCUT2D eigenvalue weighted by molar-refractivity contribution is 5.97. The summed E-state index contributed by atoms with van der Waals surface area (Å²) in [5, 5.41) is 0. The summed E-state index contributed by atoms with van der Waals surface area (Å²) in [7, 11) is 2.76. The highest BCUT2D eigenvalue weighted by atomic mass is 16.5. The van der Waals surface area contributed by atoms with Gasteiger partial charge in [-0.1, -0.05) is 60.7 Å². The van der Waals surface area contributed by atoms with Crippen LogP contribution in [0.25, 0.3) is 22.5 Å². The van der Waals surface area contributed by atoms with Crippen LogP contribution in [0.4, 0.5) is 0 Å². The van der Waals surface area contributed by atoms with E-state index in [0.717, 1.165) is 22.5 Å². The van der Waals surface area contributed by atoms with E-state index in [4.69, 9.17) is 9.47 Å². The molecule has 4 rings (SSSR count). The zero-order valence-corrected chi connectivity index (χ0v) is 16.7. The minimum Gasteiger partial charge on any atom is -0.465 e. The summed E-state index contributed by atoms with van der Waals surface area (Å²) in [6.07, 6.45) is 3.46. The fourth-order valence-corrected chi connectivity index (χ4v) is 2.99. The predicted octanol–water partition coefficient (Wildman–Crippen LogP) is 4.94. The molecule has 0 aliphatic carbocycles. The van der Waals surface area contributed by atoms with Crippen LogP contribution in [0.1, 0.15) is 20.7 Å². The standard InChI is InChI=1S/2C12H11NO2/c2*1-15-12(14)10-7-8-13-11(10)9-5-3-2-4-6-9/h2*2-8,13H,1H3. The number of H-pyrrole nitrogens is 2. The molecule has 0 radical (unpaired) electrons. The Labute approximate surface area is 174 Å². The maximum atomic E-state index is 11.4. The van der Waals surface area contributed by atoms with Gasteiger partial charge in [-0.25, -0.2) is 9.59 Å². The number of methoxy groups -OCH3 is 2. The van der Waals surface area contributed by atoms with Crippen LogP contribution in [0.5, 0.6) is 0 Å². The van der Waals surface area contributed by atoms with E-state index in [0.29, 0.717) is 11.1 Å². The van der Waals surface area contributed by atoms with E-state index in [2.05, 4.69) is 9.97 Å². The molecule has 0 bridgehead atoms. The third-order valence-corrected chi connectivity index (χ3v) is 4.43. The quantitative estimate of drug-likeness (QED) is 0.474. The second-order valence-corrected chi connectivity index (χ2v) is 6.25. The number of ether oxygens (including phenoxy) is 2. The van der Waals surface area contributed by atoms with Crippen LogP contribution in [0, 0.1) is 0 Å². The van der Waals surface area contributed by atoms with Crippen molar-refractivity contribution in [3.63, 3.8) is 0 Å². The Balaban J connectivity index is 0.000000171. The molecular formula is C24H22N2O4. The molecule has 0 saturated carbocycles. The van der Waals surface area contributed by atoms with Crippen molar-refractivity contribution < 1.29 is 19.1 Å². The molecule has 2 aromatic carbocycles. The molecule has 152 valence electrons. The molecular weight excluding hydrogens is 380 g/mol. The zero-order valence-electron chi connectivity index (χ0n) is 16.7. The van der Waals surface area contributed by atoms with Crippen molar-refractivity contribution in [2.24, 2.45) is 0 Å². The minimum absolute atomic E-state index is 0.324. The van der Waals surface area contributed by atoms with Crippen LogP contribution in [-0.4, -0.2) is 36.1 Å². The predicted molar refractivity (Wildman–Crippen MR) is 115 cm³/mol. The molecule has 0 spiro atoms. The SMILES string of the molecule is COC(=O)c1cc[nH]c1-c1ccccc1.COC(=O)c1cc[nH]c1-c1ccccc1. The molecule has 6 nitrogen and oxygen atoms in total. The number of aromatic nitrogens is 2. The van der Waals surface area contributed by atoms with Crippen LogP contribution < -0.4 is 0 Å². The van der Waals surface area contributed by atoms with Crippen molar-refractivity contribution >= 4 is 11.9 Å². The molecule has 2 N–H and O–H groups in total. The van der Waals surface area contributed by atoms with Crippen LogP contribution in [-0.2, 0) is 9.47 Å². The van der Waals surface area contributed by atoms with Crippen molar-refractivity contribution in [2.45, 2.75) is 0 Å². The molecule has 2 heterocycles. The molecule has 0 aliphatic rings. The summed E-state index contributed by atoms with van der Waals surface area (Å²) >= 11 is 0. The molecule has 0 aliphatic heterocycles. The van der Waals surface area contributed by atoms with Gasteiger partial charge in [0, 0.05) is 12.4 Å². The smallest absolute Gasteiger partial charge is 0.340 e. The molecule has 0 unspecified atom stereocenters. The average molecular weight is 402 g/mol. The van der Waals surface area contributed by atoms with Gasteiger partial charge in [-0.3, -0.25) is 0 Å². The lowest BCUT2D eigenvalue weighted by molar-refractivity contribution is 0.0593. The van der Waals surface area contributed by atoms with Crippen LogP contribution >= 0.6 is 0 Å². The number of hydrogen-bond acceptors (Lipinski definition) is 4. The first kappa shape index (κ1) is 20.7. The van der Waals surface area contributed by atoms with Gasteiger partial charge in [-0.05, 0) is 23.3 Å². The van der Waals surface area contributed by atoms with Crippen molar-refractivity contribution in [2.75, 3.05) is 14.2 Å². The van der Waals surface area contributed by atoms with Crippen molar-refractivity contribution in [3.8, 4) is 22.5 Å².